The van der Waals surface area contributed by atoms with Crippen molar-refractivity contribution in [2.75, 3.05) is 26.4 Å². The van der Waals surface area contributed by atoms with E-state index in [1.54, 1.807) is 0 Å². The average molecular weight is 274 g/mol. The van der Waals surface area contributed by atoms with Crippen LogP contribution in [0.1, 0.15) is 12.8 Å². The van der Waals surface area contributed by atoms with Gasteiger partial charge in [0.15, 0.2) is 0 Å². The van der Waals surface area contributed by atoms with Crippen molar-refractivity contribution < 1.29 is 14.2 Å². The number of benzene rings is 1. The van der Waals surface area contributed by atoms with Gasteiger partial charge in [0.25, 0.3) is 0 Å². The van der Waals surface area contributed by atoms with Crippen molar-refractivity contribution in [2.24, 2.45) is 0 Å². The third kappa shape index (κ3) is 7.38. The molecular formula is C15H18N2O3. The van der Waals surface area contributed by atoms with Gasteiger partial charge in [-0.25, -0.2) is 0 Å². The van der Waals surface area contributed by atoms with Gasteiger partial charge in [0, 0.05) is 0 Å². The zero-order chi connectivity index (χ0) is 14.5. The van der Waals surface area contributed by atoms with Crippen LogP contribution in [0.25, 0.3) is 0 Å². The predicted molar refractivity (Wildman–Crippen MR) is 73.0 cm³/mol. The fourth-order valence-electron chi connectivity index (χ4n) is 1.45. The summed E-state index contributed by atoms with van der Waals surface area (Å²) in [5, 5.41) is 16.9. The molecule has 0 saturated heterocycles. The molecule has 0 bridgehead atoms. The lowest BCUT2D eigenvalue weighted by Gasteiger charge is -2.18. The van der Waals surface area contributed by atoms with Crippen LogP contribution in [-0.4, -0.2) is 32.5 Å². The Labute approximate surface area is 119 Å². The summed E-state index contributed by atoms with van der Waals surface area (Å²) >= 11 is 0. The van der Waals surface area contributed by atoms with E-state index in [0.29, 0.717) is 39.3 Å². The summed E-state index contributed by atoms with van der Waals surface area (Å²) in [7, 11) is 0. The van der Waals surface area contributed by atoms with E-state index in [1.165, 1.54) is 0 Å². The summed E-state index contributed by atoms with van der Waals surface area (Å²) in [5.74, 6) is 0.762. The second-order valence-corrected chi connectivity index (χ2v) is 4.01. The molecule has 0 radical (unpaired) electrons. The molecule has 1 atom stereocenters. The molecule has 1 aromatic carbocycles. The number of ether oxygens (including phenoxy) is 3. The van der Waals surface area contributed by atoms with E-state index in [0.717, 1.165) is 5.75 Å². The van der Waals surface area contributed by atoms with Gasteiger partial charge < -0.3 is 14.2 Å². The molecule has 0 saturated carbocycles. The smallest absolute Gasteiger partial charge is 0.119 e. The van der Waals surface area contributed by atoms with Crippen molar-refractivity contribution in [2.45, 2.75) is 18.9 Å². The summed E-state index contributed by atoms with van der Waals surface area (Å²) in [6, 6.07) is 13.5. The lowest BCUT2D eigenvalue weighted by atomic mass is 10.3. The molecule has 1 aromatic rings. The van der Waals surface area contributed by atoms with Crippen molar-refractivity contribution in [1.82, 2.24) is 0 Å². The first kappa shape index (κ1) is 16.0. The average Bonchev–Trinajstić information content (AvgIpc) is 2.49. The molecule has 5 heteroatoms. The first-order valence-corrected chi connectivity index (χ1v) is 6.48. The second-order valence-electron chi connectivity index (χ2n) is 4.01. The van der Waals surface area contributed by atoms with Crippen LogP contribution in [0.2, 0.25) is 0 Å². The third-order valence-corrected chi connectivity index (χ3v) is 2.41. The maximum Gasteiger partial charge on any atom is 0.119 e. The number of rotatable bonds is 10. The minimum absolute atomic E-state index is 0.248. The molecule has 0 heterocycles. The zero-order valence-electron chi connectivity index (χ0n) is 11.3. The van der Waals surface area contributed by atoms with Gasteiger partial charge in [-0.15, -0.1) is 0 Å². The standard InChI is InChI=1S/C15H18N2O3/c16-8-4-10-18-12-15(19-11-5-9-17)13-20-14-6-2-1-3-7-14/h1-3,6-7,15H,4-5,10-13H2/t15-/m0/s1. The highest BCUT2D eigenvalue weighted by atomic mass is 16.6. The van der Waals surface area contributed by atoms with Crippen LogP contribution in [0.5, 0.6) is 5.75 Å². The summed E-state index contributed by atoms with van der Waals surface area (Å²) in [6.07, 6.45) is 0.437. The lowest BCUT2D eigenvalue weighted by Crippen LogP contribution is -2.28. The highest BCUT2D eigenvalue weighted by Crippen LogP contribution is 2.09. The van der Waals surface area contributed by atoms with E-state index in [2.05, 4.69) is 0 Å². The van der Waals surface area contributed by atoms with E-state index >= 15 is 0 Å². The topological polar surface area (TPSA) is 75.3 Å². The molecular weight excluding hydrogens is 256 g/mol. The number of nitrogens with zero attached hydrogens (tertiary/aromatic N) is 2. The maximum absolute atomic E-state index is 8.50. The minimum atomic E-state index is -0.248. The summed E-state index contributed by atoms with van der Waals surface area (Å²) in [6.45, 7) is 1.42. The van der Waals surface area contributed by atoms with Gasteiger partial charge in [0.2, 0.25) is 0 Å². The fraction of sp³-hybridized carbons (Fsp3) is 0.467. The van der Waals surface area contributed by atoms with Gasteiger partial charge in [-0.1, -0.05) is 18.2 Å². The highest BCUT2D eigenvalue weighted by molar-refractivity contribution is 5.20. The van der Waals surface area contributed by atoms with Gasteiger partial charge in [0.1, 0.15) is 18.5 Å². The first-order chi connectivity index (χ1) is 9.86. The number of hydrogen-bond donors (Lipinski definition) is 0. The molecule has 106 valence electrons. The largest absolute Gasteiger partial charge is 0.491 e. The molecule has 0 aliphatic rings. The van der Waals surface area contributed by atoms with E-state index in [4.69, 9.17) is 24.7 Å². The maximum atomic E-state index is 8.50. The van der Waals surface area contributed by atoms with E-state index in [-0.39, 0.29) is 6.10 Å². The van der Waals surface area contributed by atoms with Gasteiger partial charge >= 0.3 is 0 Å². The lowest BCUT2D eigenvalue weighted by molar-refractivity contribution is -0.0344. The quantitative estimate of drug-likeness (QED) is 0.612. The van der Waals surface area contributed by atoms with Crippen LogP contribution in [0.15, 0.2) is 30.3 Å². The Kier molecular flexibility index (Phi) is 8.63. The normalized spacial score (nSPS) is 11.3. The summed E-state index contributed by atoms with van der Waals surface area (Å²) < 4.78 is 16.5. The van der Waals surface area contributed by atoms with Crippen molar-refractivity contribution in [3.63, 3.8) is 0 Å². The van der Waals surface area contributed by atoms with Crippen molar-refractivity contribution >= 4 is 0 Å². The molecule has 0 fully saturated rings. The van der Waals surface area contributed by atoms with Gasteiger partial charge in [-0.2, -0.15) is 10.5 Å². The van der Waals surface area contributed by atoms with Crippen LogP contribution in [0.4, 0.5) is 0 Å². The van der Waals surface area contributed by atoms with E-state index in [1.807, 2.05) is 42.5 Å². The monoisotopic (exact) mass is 274 g/mol. The number of para-hydroxylation sites is 1. The molecule has 20 heavy (non-hydrogen) atoms. The van der Waals surface area contributed by atoms with Gasteiger partial charge in [-0.05, 0) is 12.1 Å². The van der Waals surface area contributed by atoms with Crippen molar-refractivity contribution in [1.29, 1.82) is 10.5 Å². The predicted octanol–water partition coefficient (Wildman–Crippen LogP) is 2.29. The summed E-state index contributed by atoms with van der Waals surface area (Å²) in [5.41, 5.74) is 0. The Balaban J connectivity index is 2.33. The molecule has 0 aliphatic carbocycles. The molecule has 5 nitrogen and oxygen atoms in total. The molecule has 0 amide bonds. The Bertz CT molecular complexity index is 437. The first-order valence-electron chi connectivity index (χ1n) is 6.48. The minimum Gasteiger partial charge on any atom is -0.491 e. The SMILES string of the molecule is N#CCCOC[C@@H](COc1ccccc1)OCCC#N. The van der Waals surface area contributed by atoms with E-state index in [9.17, 15) is 0 Å². The van der Waals surface area contributed by atoms with Crippen LogP contribution < -0.4 is 4.74 Å². The number of hydrogen-bond acceptors (Lipinski definition) is 5. The van der Waals surface area contributed by atoms with E-state index < -0.39 is 0 Å². The van der Waals surface area contributed by atoms with Crippen LogP contribution in [0.3, 0.4) is 0 Å². The third-order valence-electron chi connectivity index (χ3n) is 2.41. The Morgan fingerprint density at radius 2 is 1.65 bits per heavy atom. The van der Waals surface area contributed by atoms with Gasteiger partial charge in [-0.3, -0.25) is 0 Å². The second kappa shape index (κ2) is 10.8. The highest BCUT2D eigenvalue weighted by Gasteiger charge is 2.10. The van der Waals surface area contributed by atoms with Crippen molar-refractivity contribution in [3.05, 3.63) is 30.3 Å². The Hall–Kier alpha value is -2.08. The zero-order valence-corrected chi connectivity index (χ0v) is 11.3. The molecule has 0 unspecified atom stereocenters. The van der Waals surface area contributed by atoms with Crippen LogP contribution >= 0.6 is 0 Å². The molecule has 1 rings (SSSR count). The van der Waals surface area contributed by atoms with Crippen LogP contribution in [-0.2, 0) is 9.47 Å². The van der Waals surface area contributed by atoms with Gasteiger partial charge in [0.05, 0.1) is 44.8 Å². The molecule has 0 N–H and O–H groups in total. The fourth-order valence-corrected chi connectivity index (χ4v) is 1.45. The number of nitriles is 2. The Morgan fingerprint density at radius 1 is 0.950 bits per heavy atom. The molecule has 0 spiro atoms. The summed E-state index contributed by atoms with van der Waals surface area (Å²) in [4.78, 5) is 0. The molecule has 0 aromatic heterocycles. The van der Waals surface area contributed by atoms with Crippen molar-refractivity contribution in [3.8, 4) is 17.9 Å². The molecule has 0 aliphatic heterocycles. The van der Waals surface area contributed by atoms with Crippen LogP contribution in [0, 0.1) is 22.7 Å². The Morgan fingerprint density at radius 3 is 2.35 bits per heavy atom.